The number of ether oxygens (including phenoxy) is 2. The lowest BCUT2D eigenvalue weighted by Gasteiger charge is -2.18. The molecule has 0 amide bonds. The minimum atomic E-state index is 0.0774. The Bertz CT molecular complexity index is 566. The minimum Gasteiger partial charge on any atom is -0.487 e. The fourth-order valence-corrected chi connectivity index (χ4v) is 2.90. The van der Waals surface area contributed by atoms with Gasteiger partial charge in [0.1, 0.15) is 18.0 Å². The molecule has 0 fully saturated rings. The van der Waals surface area contributed by atoms with E-state index in [4.69, 9.17) is 9.47 Å². The van der Waals surface area contributed by atoms with E-state index in [0.29, 0.717) is 6.61 Å². The van der Waals surface area contributed by atoms with Crippen LogP contribution in [-0.2, 0) is 17.8 Å². The van der Waals surface area contributed by atoms with Crippen LogP contribution < -0.4 is 4.74 Å². The molecule has 0 aliphatic carbocycles. The van der Waals surface area contributed by atoms with Gasteiger partial charge in [0.05, 0.1) is 6.61 Å². The summed E-state index contributed by atoms with van der Waals surface area (Å²) in [7, 11) is 0. The Balaban J connectivity index is 1.65. The molecule has 2 aliphatic heterocycles. The summed E-state index contributed by atoms with van der Waals surface area (Å²) in [6, 6.07) is 16.7. The van der Waals surface area contributed by atoms with Crippen molar-refractivity contribution in [1.82, 2.24) is 0 Å². The van der Waals surface area contributed by atoms with Gasteiger partial charge >= 0.3 is 0 Å². The third-order valence-corrected chi connectivity index (χ3v) is 3.79. The van der Waals surface area contributed by atoms with Crippen LogP contribution in [0.2, 0.25) is 0 Å². The van der Waals surface area contributed by atoms with Crippen molar-refractivity contribution in [2.45, 2.75) is 25.2 Å². The van der Waals surface area contributed by atoms with Crippen LogP contribution in [0, 0.1) is 0 Å². The number of benzene rings is 2. The summed E-state index contributed by atoms with van der Waals surface area (Å²) in [4.78, 5) is 0. The Morgan fingerprint density at radius 3 is 2.56 bits per heavy atom. The number of hydrogen-bond donors (Lipinski definition) is 0. The molecule has 0 aromatic heterocycles. The first-order valence-electron chi connectivity index (χ1n) is 6.36. The number of para-hydroxylation sites is 1. The zero-order valence-corrected chi connectivity index (χ0v) is 10.0. The van der Waals surface area contributed by atoms with Crippen molar-refractivity contribution in [2.24, 2.45) is 0 Å². The molecular formula is C16H14O2. The van der Waals surface area contributed by atoms with Crippen LogP contribution >= 0.6 is 0 Å². The molecule has 0 spiro atoms. The molecule has 2 nitrogen and oxygen atoms in total. The Labute approximate surface area is 106 Å². The van der Waals surface area contributed by atoms with Crippen molar-refractivity contribution in [3.8, 4) is 5.75 Å². The number of fused-ring (bicyclic) bond motifs is 2. The van der Waals surface area contributed by atoms with Crippen molar-refractivity contribution >= 4 is 0 Å². The van der Waals surface area contributed by atoms with Gasteiger partial charge in [-0.25, -0.2) is 0 Å². The average molecular weight is 238 g/mol. The first-order valence-corrected chi connectivity index (χ1v) is 6.36. The molecule has 0 saturated heterocycles. The van der Waals surface area contributed by atoms with E-state index < -0.39 is 0 Å². The van der Waals surface area contributed by atoms with Gasteiger partial charge < -0.3 is 9.47 Å². The highest BCUT2D eigenvalue weighted by molar-refractivity contribution is 5.40. The van der Waals surface area contributed by atoms with Crippen LogP contribution in [0.5, 0.6) is 5.75 Å². The fourth-order valence-electron chi connectivity index (χ4n) is 2.90. The van der Waals surface area contributed by atoms with Gasteiger partial charge in [0.25, 0.3) is 0 Å². The molecule has 2 aromatic rings. The molecule has 2 heterocycles. The van der Waals surface area contributed by atoms with E-state index in [-0.39, 0.29) is 12.2 Å². The summed E-state index contributed by atoms with van der Waals surface area (Å²) in [5.74, 6) is 1.01. The molecule has 2 atom stereocenters. The Kier molecular flexibility index (Phi) is 2.17. The van der Waals surface area contributed by atoms with Crippen LogP contribution in [0.15, 0.2) is 48.5 Å². The predicted octanol–water partition coefficient (Wildman–Crippen LogP) is 3.26. The van der Waals surface area contributed by atoms with E-state index in [1.165, 1.54) is 16.7 Å². The molecule has 0 saturated carbocycles. The zero-order valence-electron chi connectivity index (χ0n) is 10.0. The maximum atomic E-state index is 6.02. The van der Waals surface area contributed by atoms with Gasteiger partial charge in [-0.3, -0.25) is 0 Å². The normalized spacial score (nSPS) is 24.4. The average Bonchev–Trinajstić information content (AvgIpc) is 3.02. The minimum absolute atomic E-state index is 0.0774. The molecule has 2 aliphatic rings. The SMILES string of the molecule is c1ccc2c(c1)CC(C1OCc3ccccc31)O2. The highest BCUT2D eigenvalue weighted by Gasteiger charge is 2.36. The largest absolute Gasteiger partial charge is 0.487 e. The fraction of sp³-hybridized carbons (Fsp3) is 0.250. The van der Waals surface area contributed by atoms with Crippen molar-refractivity contribution in [1.29, 1.82) is 0 Å². The third kappa shape index (κ3) is 1.46. The Hall–Kier alpha value is -1.80. The standard InChI is InChI=1S/C16H14O2/c1-3-7-13-12(6-1)10-17-16(13)15-9-11-5-2-4-8-14(11)18-15/h1-8,15-16H,9-10H2. The summed E-state index contributed by atoms with van der Waals surface area (Å²) < 4.78 is 11.9. The second-order valence-corrected chi connectivity index (χ2v) is 4.90. The van der Waals surface area contributed by atoms with Crippen LogP contribution in [0.1, 0.15) is 22.8 Å². The molecule has 0 radical (unpaired) electrons. The monoisotopic (exact) mass is 238 g/mol. The van der Waals surface area contributed by atoms with Crippen molar-refractivity contribution in [3.05, 3.63) is 65.2 Å². The molecule has 0 bridgehead atoms. The Morgan fingerprint density at radius 2 is 1.67 bits per heavy atom. The summed E-state index contributed by atoms with van der Waals surface area (Å²) in [5, 5.41) is 0. The molecular weight excluding hydrogens is 224 g/mol. The highest BCUT2D eigenvalue weighted by atomic mass is 16.5. The van der Waals surface area contributed by atoms with Gasteiger partial charge in [-0.1, -0.05) is 42.5 Å². The molecule has 4 rings (SSSR count). The van der Waals surface area contributed by atoms with Crippen LogP contribution in [0.3, 0.4) is 0 Å². The quantitative estimate of drug-likeness (QED) is 0.759. The molecule has 0 N–H and O–H groups in total. The molecule has 2 heteroatoms. The lowest BCUT2D eigenvalue weighted by Crippen LogP contribution is -2.22. The second-order valence-electron chi connectivity index (χ2n) is 4.90. The van der Waals surface area contributed by atoms with Gasteiger partial charge in [0.2, 0.25) is 0 Å². The summed E-state index contributed by atoms with van der Waals surface area (Å²) in [6.45, 7) is 0.705. The van der Waals surface area contributed by atoms with Gasteiger partial charge in [-0.05, 0) is 22.8 Å². The van der Waals surface area contributed by atoms with Gasteiger partial charge in [-0.15, -0.1) is 0 Å². The lowest BCUT2D eigenvalue weighted by molar-refractivity contribution is -0.00890. The smallest absolute Gasteiger partial charge is 0.133 e. The zero-order chi connectivity index (χ0) is 11.9. The summed E-state index contributed by atoms with van der Waals surface area (Å²) >= 11 is 0. The molecule has 90 valence electrons. The summed E-state index contributed by atoms with van der Waals surface area (Å²) in [5.41, 5.74) is 3.87. The topological polar surface area (TPSA) is 18.5 Å². The number of rotatable bonds is 1. The van der Waals surface area contributed by atoms with Crippen LogP contribution in [0.4, 0.5) is 0 Å². The lowest BCUT2D eigenvalue weighted by atomic mass is 9.99. The van der Waals surface area contributed by atoms with E-state index in [2.05, 4.69) is 36.4 Å². The van der Waals surface area contributed by atoms with E-state index >= 15 is 0 Å². The van der Waals surface area contributed by atoms with Gasteiger partial charge in [-0.2, -0.15) is 0 Å². The van der Waals surface area contributed by atoms with E-state index in [9.17, 15) is 0 Å². The maximum Gasteiger partial charge on any atom is 0.133 e. The van der Waals surface area contributed by atoms with Crippen LogP contribution in [-0.4, -0.2) is 6.10 Å². The maximum absolute atomic E-state index is 6.02. The van der Waals surface area contributed by atoms with E-state index in [0.717, 1.165) is 12.2 Å². The van der Waals surface area contributed by atoms with Crippen molar-refractivity contribution < 1.29 is 9.47 Å². The second kappa shape index (κ2) is 3.85. The molecule has 2 aromatic carbocycles. The molecule has 18 heavy (non-hydrogen) atoms. The van der Waals surface area contributed by atoms with Crippen molar-refractivity contribution in [2.75, 3.05) is 0 Å². The predicted molar refractivity (Wildman–Crippen MR) is 68.5 cm³/mol. The van der Waals surface area contributed by atoms with E-state index in [1.54, 1.807) is 0 Å². The Morgan fingerprint density at radius 1 is 0.889 bits per heavy atom. The first kappa shape index (κ1) is 10.2. The van der Waals surface area contributed by atoms with Crippen molar-refractivity contribution in [3.63, 3.8) is 0 Å². The van der Waals surface area contributed by atoms with Gasteiger partial charge in [0.15, 0.2) is 0 Å². The van der Waals surface area contributed by atoms with E-state index in [1.807, 2.05) is 12.1 Å². The van der Waals surface area contributed by atoms with Gasteiger partial charge in [0, 0.05) is 6.42 Å². The summed E-state index contributed by atoms with van der Waals surface area (Å²) in [6.07, 6.45) is 1.13. The number of hydrogen-bond acceptors (Lipinski definition) is 2. The van der Waals surface area contributed by atoms with Crippen LogP contribution in [0.25, 0.3) is 0 Å². The first-order chi connectivity index (χ1) is 8.92. The third-order valence-electron chi connectivity index (χ3n) is 3.79. The molecule has 2 unspecified atom stereocenters. The highest BCUT2D eigenvalue weighted by Crippen LogP contribution is 2.40.